The van der Waals surface area contributed by atoms with Gasteiger partial charge in [0.15, 0.2) is 0 Å². The number of anilines is 6. The van der Waals surface area contributed by atoms with Gasteiger partial charge in [0.25, 0.3) is 0 Å². The summed E-state index contributed by atoms with van der Waals surface area (Å²) in [6, 6.07) is 37.6. The molecule has 0 aromatic heterocycles. The van der Waals surface area contributed by atoms with E-state index >= 15 is 0 Å². The number of hydrogen-bond donors (Lipinski definition) is 0. The summed E-state index contributed by atoms with van der Waals surface area (Å²) in [6.45, 7) is 26.8. The van der Waals surface area contributed by atoms with Crippen molar-refractivity contribution >= 4 is 66.4 Å². The van der Waals surface area contributed by atoms with Gasteiger partial charge in [0.05, 0.1) is 11.4 Å². The summed E-state index contributed by atoms with van der Waals surface area (Å²) in [5.74, 6) is 0. The van der Waals surface area contributed by atoms with Crippen LogP contribution in [0.4, 0.5) is 34.1 Å². The first-order chi connectivity index (χ1) is 25.7. The molecule has 0 spiro atoms. The molecule has 0 aliphatic rings. The predicted octanol–water partition coefficient (Wildman–Crippen LogP) is 15.2. The highest BCUT2D eigenvalue weighted by Gasteiger charge is 2.24. The Morgan fingerprint density at radius 2 is 0.630 bits per heavy atom. The van der Waals surface area contributed by atoms with Crippen LogP contribution in [-0.4, -0.2) is 0 Å². The average Bonchev–Trinajstić information content (AvgIpc) is 3.13. The van der Waals surface area contributed by atoms with E-state index in [1.165, 1.54) is 133 Å². The lowest BCUT2D eigenvalue weighted by molar-refractivity contribution is 1.19. The van der Waals surface area contributed by atoms with Gasteiger partial charge in [0, 0.05) is 33.5 Å². The van der Waals surface area contributed by atoms with Gasteiger partial charge < -0.3 is 9.80 Å². The maximum Gasteiger partial charge on any atom is 0.0546 e. The molecule has 0 fully saturated rings. The third-order valence-electron chi connectivity index (χ3n) is 12.8. The molecule has 8 aromatic rings. The lowest BCUT2D eigenvalue weighted by atomic mass is 9.90. The topological polar surface area (TPSA) is 6.48 Å². The van der Waals surface area contributed by atoms with Gasteiger partial charge in [-0.05, 0) is 232 Å². The van der Waals surface area contributed by atoms with Gasteiger partial charge in [-0.15, -0.1) is 0 Å². The van der Waals surface area contributed by atoms with Crippen LogP contribution in [0.1, 0.15) is 66.8 Å². The molecule has 0 amide bonds. The van der Waals surface area contributed by atoms with Crippen molar-refractivity contribution in [1.82, 2.24) is 0 Å². The van der Waals surface area contributed by atoms with E-state index in [0.717, 1.165) is 0 Å². The molecule has 0 unspecified atom stereocenters. The molecule has 8 aromatic carbocycles. The van der Waals surface area contributed by atoms with Gasteiger partial charge in [-0.3, -0.25) is 0 Å². The maximum absolute atomic E-state index is 2.51. The molecule has 0 aliphatic heterocycles. The molecule has 2 heteroatoms. The van der Waals surface area contributed by atoms with E-state index in [0.29, 0.717) is 0 Å². The third-order valence-corrected chi connectivity index (χ3v) is 12.8. The number of rotatable bonds is 6. The summed E-state index contributed by atoms with van der Waals surface area (Å²) >= 11 is 0. The van der Waals surface area contributed by atoms with Crippen LogP contribution >= 0.6 is 0 Å². The number of nitrogens with zero attached hydrogens (tertiary/aromatic N) is 2. The summed E-state index contributed by atoms with van der Waals surface area (Å²) in [5.41, 5.74) is 23.0. The fourth-order valence-electron chi connectivity index (χ4n) is 8.60. The lowest BCUT2D eigenvalue weighted by Gasteiger charge is -2.31. The zero-order valence-corrected chi connectivity index (χ0v) is 34.1. The van der Waals surface area contributed by atoms with Crippen molar-refractivity contribution in [2.24, 2.45) is 0 Å². The maximum atomic E-state index is 2.51. The summed E-state index contributed by atoms with van der Waals surface area (Å²) in [6.07, 6.45) is 0. The molecular formula is C52H52N2. The van der Waals surface area contributed by atoms with Crippen molar-refractivity contribution in [3.63, 3.8) is 0 Å². The Morgan fingerprint density at radius 3 is 1.04 bits per heavy atom. The quantitative estimate of drug-likeness (QED) is 0.159. The van der Waals surface area contributed by atoms with E-state index < -0.39 is 0 Å². The molecule has 0 aliphatic carbocycles. The largest absolute Gasteiger partial charge is 0.310 e. The SMILES string of the molecule is Cc1cc(N(c2cc(C)c(C)c(C)c2)c2cc3ccc(N(c4cc(C)c(C)c(C)c4)c4cc(C)c(C)c(C)c4)c4ccc5cccc2c5c34)cc(C)c1C. The van der Waals surface area contributed by atoms with Crippen LogP contribution in [0.2, 0.25) is 0 Å². The number of hydrogen-bond acceptors (Lipinski definition) is 2. The van der Waals surface area contributed by atoms with Gasteiger partial charge in [0.1, 0.15) is 0 Å². The summed E-state index contributed by atoms with van der Waals surface area (Å²) in [7, 11) is 0. The number of aryl methyl sites for hydroxylation is 8. The van der Waals surface area contributed by atoms with Gasteiger partial charge in [-0.1, -0.05) is 36.4 Å². The third kappa shape index (κ3) is 5.62. The second-order valence-electron chi connectivity index (χ2n) is 16.1. The Labute approximate surface area is 322 Å². The van der Waals surface area contributed by atoms with Crippen LogP contribution in [0.25, 0.3) is 32.3 Å². The van der Waals surface area contributed by atoms with Crippen molar-refractivity contribution < 1.29 is 0 Å². The molecule has 0 N–H and O–H groups in total. The monoisotopic (exact) mass is 704 g/mol. The Kier molecular flexibility index (Phi) is 8.57. The van der Waals surface area contributed by atoms with Gasteiger partial charge in [0.2, 0.25) is 0 Å². The fraction of sp³-hybridized carbons (Fsp3) is 0.231. The van der Waals surface area contributed by atoms with E-state index in [2.05, 4.69) is 190 Å². The zero-order chi connectivity index (χ0) is 38.3. The summed E-state index contributed by atoms with van der Waals surface area (Å²) in [5, 5.41) is 7.62. The molecule has 0 saturated carbocycles. The Morgan fingerprint density at radius 1 is 0.296 bits per heavy atom. The molecular weight excluding hydrogens is 653 g/mol. The van der Waals surface area contributed by atoms with Gasteiger partial charge >= 0.3 is 0 Å². The van der Waals surface area contributed by atoms with Crippen molar-refractivity contribution in [3.8, 4) is 0 Å². The lowest BCUT2D eigenvalue weighted by Crippen LogP contribution is -2.13. The van der Waals surface area contributed by atoms with Gasteiger partial charge in [-0.25, -0.2) is 0 Å². The molecule has 0 bridgehead atoms. The summed E-state index contributed by atoms with van der Waals surface area (Å²) in [4.78, 5) is 5.00. The average molecular weight is 705 g/mol. The van der Waals surface area contributed by atoms with Gasteiger partial charge in [-0.2, -0.15) is 0 Å². The molecule has 2 nitrogen and oxygen atoms in total. The van der Waals surface area contributed by atoms with Crippen LogP contribution in [0.15, 0.2) is 97.1 Å². The molecule has 270 valence electrons. The van der Waals surface area contributed by atoms with Crippen LogP contribution in [0.3, 0.4) is 0 Å². The Bertz CT molecular complexity index is 2590. The highest BCUT2D eigenvalue weighted by molar-refractivity contribution is 6.29. The van der Waals surface area contributed by atoms with Crippen molar-refractivity contribution in [2.75, 3.05) is 9.80 Å². The zero-order valence-electron chi connectivity index (χ0n) is 34.1. The van der Waals surface area contributed by atoms with Crippen LogP contribution in [0.5, 0.6) is 0 Å². The second-order valence-corrected chi connectivity index (χ2v) is 16.1. The minimum atomic E-state index is 1.19. The Hall–Kier alpha value is -5.60. The van der Waals surface area contributed by atoms with Crippen LogP contribution in [-0.2, 0) is 0 Å². The second kappa shape index (κ2) is 13.1. The van der Waals surface area contributed by atoms with Crippen molar-refractivity contribution in [3.05, 3.63) is 164 Å². The first-order valence-electron chi connectivity index (χ1n) is 19.4. The first kappa shape index (κ1) is 35.4. The molecule has 0 atom stereocenters. The highest BCUT2D eigenvalue weighted by Crippen LogP contribution is 2.49. The minimum Gasteiger partial charge on any atom is -0.310 e. The molecule has 0 radical (unpaired) electrons. The minimum absolute atomic E-state index is 1.19. The van der Waals surface area contributed by atoms with E-state index in [1.54, 1.807) is 0 Å². The predicted molar refractivity (Wildman–Crippen MR) is 236 cm³/mol. The standard InChI is InChI=1S/C52H52N2/c1-29-20-43(21-30(2)37(29)9)53(44-22-31(3)38(10)32(4)23-44)49-19-17-42-28-50(47-15-13-14-41-16-18-48(49)52(42)51(41)47)54(45-24-33(5)39(11)34(6)25-45)46-26-35(7)40(12)36(8)27-46/h13-28H,1-12H3. The molecule has 8 rings (SSSR count). The van der Waals surface area contributed by atoms with E-state index in [4.69, 9.17) is 0 Å². The smallest absolute Gasteiger partial charge is 0.0546 e. The van der Waals surface area contributed by atoms with Crippen LogP contribution < -0.4 is 9.80 Å². The van der Waals surface area contributed by atoms with E-state index in [-0.39, 0.29) is 0 Å². The molecule has 0 heterocycles. The van der Waals surface area contributed by atoms with Crippen molar-refractivity contribution in [2.45, 2.75) is 83.1 Å². The molecule has 0 saturated heterocycles. The number of benzene rings is 8. The molecule has 54 heavy (non-hydrogen) atoms. The van der Waals surface area contributed by atoms with Crippen molar-refractivity contribution in [1.29, 1.82) is 0 Å². The highest BCUT2D eigenvalue weighted by atomic mass is 15.2. The Balaban J connectivity index is 1.45. The fourth-order valence-corrected chi connectivity index (χ4v) is 8.60. The normalized spacial score (nSPS) is 11.7. The summed E-state index contributed by atoms with van der Waals surface area (Å²) < 4.78 is 0. The van der Waals surface area contributed by atoms with E-state index in [1.807, 2.05) is 0 Å². The van der Waals surface area contributed by atoms with Crippen LogP contribution in [0, 0.1) is 83.1 Å². The van der Waals surface area contributed by atoms with E-state index in [9.17, 15) is 0 Å². The first-order valence-corrected chi connectivity index (χ1v) is 19.4.